The molecule has 0 aromatic carbocycles. The highest BCUT2D eigenvalue weighted by molar-refractivity contribution is 5.90. The molecule has 0 fully saturated rings. The van der Waals surface area contributed by atoms with E-state index in [1.54, 1.807) is 6.92 Å². The summed E-state index contributed by atoms with van der Waals surface area (Å²) in [6.07, 6.45) is 5.20. The normalized spacial score (nSPS) is 11.3. The van der Waals surface area contributed by atoms with Crippen molar-refractivity contribution in [1.82, 2.24) is 0 Å². The van der Waals surface area contributed by atoms with E-state index < -0.39 is 0 Å². The summed E-state index contributed by atoms with van der Waals surface area (Å²) in [5.74, 6) is 0.751. The lowest BCUT2D eigenvalue weighted by atomic mass is 10.1. The van der Waals surface area contributed by atoms with Gasteiger partial charge in [-0.3, -0.25) is 4.99 Å². The number of aliphatic imine (C=N–C) groups is 1. The standard InChI is InChI=1S/C10H18N2O/c1-3-10(11)12-8-6-4-5-7-9(2)13/h3H,1,4-8H2,2H3,(H2,11,12). The molecule has 0 unspecified atom stereocenters. The zero-order valence-corrected chi connectivity index (χ0v) is 8.25. The highest BCUT2D eigenvalue weighted by Gasteiger charge is 1.93. The lowest BCUT2D eigenvalue weighted by Crippen LogP contribution is -2.07. The third-order valence-electron chi connectivity index (χ3n) is 1.69. The minimum absolute atomic E-state index is 0.258. The Morgan fingerprint density at radius 2 is 2.15 bits per heavy atom. The zero-order chi connectivity index (χ0) is 10.1. The van der Waals surface area contributed by atoms with Gasteiger partial charge in [-0.15, -0.1) is 0 Å². The van der Waals surface area contributed by atoms with Gasteiger partial charge in [-0.05, 0) is 25.8 Å². The lowest BCUT2D eigenvalue weighted by Gasteiger charge is -1.96. The van der Waals surface area contributed by atoms with E-state index in [2.05, 4.69) is 11.6 Å². The van der Waals surface area contributed by atoms with Crippen LogP contribution in [0.4, 0.5) is 0 Å². The van der Waals surface area contributed by atoms with Crippen LogP contribution >= 0.6 is 0 Å². The Labute approximate surface area is 79.7 Å². The van der Waals surface area contributed by atoms with Crippen molar-refractivity contribution in [2.75, 3.05) is 6.54 Å². The Balaban J connectivity index is 3.26. The van der Waals surface area contributed by atoms with E-state index in [0.717, 1.165) is 25.8 Å². The Kier molecular flexibility index (Phi) is 6.88. The predicted octanol–water partition coefficient (Wildman–Crippen LogP) is 1.68. The molecule has 0 rings (SSSR count). The monoisotopic (exact) mass is 182 g/mol. The minimum atomic E-state index is 0.258. The van der Waals surface area contributed by atoms with E-state index in [9.17, 15) is 4.79 Å². The second-order valence-electron chi connectivity index (χ2n) is 3.02. The van der Waals surface area contributed by atoms with Gasteiger partial charge in [0.2, 0.25) is 0 Å². The lowest BCUT2D eigenvalue weighted by molar-refractivity contribution is -0.117. The molecular formula is C10H18N2O. The van der Waals surface area contributed by atoms with Crippen molar-refractivity contribution in [1.29, 1.82) is 0 Å². The third kappa shape index (κ3) is 8.79. The SMILES string of the molecule is C=CC(N)=NCCCCCC(C)=O. The van der Waals surface area contributed by atoms with E-state index in [0.29, 0.717) is 12.3 Å². The van der Waals surface area contributed by atoms with Gasteiger partial charge in [0.05, 0.1) is 0 Å². The van der Waals surface area contributed by atoms with Crippen LogP contribution in [-0.4, -0.2) is 18.2 Å². The zero-order valence-electron chi connectivity index (χ0n) is 8.25. The molecule has 0 aromatic rings. The van der Waals surface area contributed by atoms with Crippen LogP contribution in [0, 0.1) is 0 Å². The number of hydrogen-bond acceptors (Lipinski definition) is 2. The first-order valence-corrected chi connectivity index (χ1v) is 4.58. The quantitative estimate of drug-likeness (QED) is 0.370. The van der Waals surface area contributed by atoms with Gasteiger partial charge in [0.25, 0.3) is 0 Å². The highest BCUT2D eigenvalue weighted by atomic mass is 16.1. The second kappa shape index (κ2) is 7.53. The van der Waals surface area contributed by atoms with E-state index in [-0.39, 0.29) is 5.78 Å². The van der Waals surface area contributed by atoms with Crippen LogP contribution < -0.4 is 5.73 Å². The second-order valence-corrected chi connectivity index (χ2v) is 3.02. The van der Waals surface area contributed by atoms with Crippen molar-refractivity contribution in [2.45, 2.75) is 32.6 Å². The van der Waals surface area contributed by atoms with Gasteiger partial charge in [0.1, 0.15) is 11.6 Å². The maximum atomic E-state index is 10.6. The molecule has 3 nitrogen and oxygen atoms in total. The maximum absolute atomic E-state index is 10.6. The number of carbonyl (C=O) groups excluding carboxylic acids is 1. The van der Waals surface area contributed by atoms with Gasteiger partial charge >= 0.3 is 0 Å². The summed E-state index contributed by atoms with van der Waals surface area (Å²) in [5.41, 5.74) is 5.41. The summed E-state index contributed by atoms with van der Waals surface area (Å²) in [6, 6.07) is 0. The summed E-state index contributed by atoms with van der Waals surface area (Å²) >= 11 is 0. The van der Waals surface area contributed by atoms with Crippen molar-refractivity contribution < 1.29 is 4.79 Å². The molecule has 0 bridgehead atoms. The van der Waals surface area contributed by atoms with Crippen LogP contribution in [0.25, 0.3) is 0 Å². The van der Waals surface area contributed by atoms with Crippen LogP contribution in [0.15, 0.2) is 17.6 Å². The number of Topliss-reactive ketones (excluding diaryl/α,β-unsaturated/α-hetero) is 1. The fourth-order valence-electron chi connectivity index (χ4n) is 0.935. The number of nitrogens with two attached hydrogens (primary N) is 1. The van der Waals surface area contributed by atoms with E-state index >= 15 is 0 Å². The molecular weight excluding hydrogens is 164 g/mol. The molecule has 0 aliphatic heterocycles. The molecule has 0 saturated heterocycles. The molecule has 0 aliphatic carbocycles. The summed E-state index contributed by atoms with van der Waals surface area (Å²) in [5, 5.41) is 0. The molecule has 0 saturated carbocycles. The summed E-state index contributed by atoms with van der Waals surface area (Å²) in [6.45, 7) is 5.85. The Hall–Kier alpha value is -1.12. The molecule has 74 valence electrons. The van der Waals surface area contributed by atoms with Crippen LogP contribution in [0.3, 0.4) is 0 Å². The first-order chi connectivity index (χ1) is 6.16. The molecule has 0 heterocycles. The Morgan fingerprint density at radius 1 is 1.46 bits per heavy atom. The van der Waals surface area contributed by atoms with E-state index in [1.807, 2.05) is 0 Å². The fourth-order valence-corrected chi connectivity index (χ4v) is 0.935. The van der Waals surface area contributed by atoms with Gasteiger partial charge in [0.15, 0.2) is 0 Å². The highest BCUT2D eigenvalue weighted by Crippen LogP contribution is 2.00. The number of ketones is 1. The first kappa shape index (κ1) is 11.9. The first-order valence-electron chi connectivity index (χ1n) is 4.58. The summed E-state index contributed by atoms with van der Waals surface area (Å²) < 4.78 is 0. The number of carbonyl (C=O) groups is 1. The minimum Gasteiger partial charge on any atom is -0.384 e. The van der Waals surface area contributed by atoms with Gasteiger partial charge in [-0.2, -0.15) is 0 Å². The van der Waals surface area contributed by atoms with E-state index in [4.69, 9.17) is 5.73 Å². The van der Waals surface area contributed by atoms with Crippen molar-refractivity contribution in [3.8, 4) is 0 Å². The molecule has 2 N–H and O–H groups in total. The van der Waals surface area contributed by atoms with Crippen LogP contribution in [0.5, 0.6) is 0 Å². The molecule has 3 heteroatoms. The summed E-state index contributed by atoms with van der Waals surface area (Å²) in [7, 11) is 0. The Morgan fingerprint density at radius 3 is 2.69 bits per heavy atom. The molecule has 0 atom stereocenters. The van der Waals surface area contributed by atoms with Gasteiger partial charge in [-0.1, -0.05) is 13.0 Å². The average Bonchev–Trinajstić information content (AvgIpc) is 2.10. The van der Waals surface area contributed by atoms with Crippen LogP contribution in [0.2, 0.25) is 0 Å². The number of nitrogens with zero attached hydrogens (tertiary/aromatic N) is 1. The van der Waals surface area contributed by atoms with Gasteiger partial charge in [-0.25, -0.2) is 0 Å². The van der Waals surface area contributed by atoms with Crippen LogP contribution in [-0.2, 0) is 4.79 Å². The smallest absolute Gasteiger partial charge is 0.129 e. The number of amidine groups is 1. The average molecular weight is 182 g/mol. The maximum Gasteiger partial charge on any atom is 0.129 e. The molecule has 13 heavy (non-hydrogen) atoms. The van der Waals surface area contributed by atoms with Gasteiger partial charge in [0, 0.05) is 13.0 Å². The largest absolute Gasteiger partial charge is 0.384 e. The van der Waals surface area contributed by atoms with E-state index in [1.165, 1.54) is 6.08 Å². The van der Waals surface area contributed by atoms with Crippen molar-refractivity contribution in [3.63, 3.8) is 0 Å². The predicted molar refractivity (Wildman–Crippen MR) is 55.8 cm³/mol. The van der Waals surface area contributed by atoms with Crippen molar-refractivity contribution in [2.24, 2.45) is 10.7 Å². The molecule has 0 amide bonds. The number of rotatable bonds is 7. The Bertz CT molecular complexity index is 197. The molecule has 0 aromatic heterocycles. The molecule has 0 spiro atoms. The third-order valence-corrected chi connectivity index (χ3v) is 1.69. The van der Waals surface area contributed by atoms with Crippen molar-refractivity contribution >= 4 is 11.6 Å². The van der Waals surface area contributed by atoms with Crippen LogP contribution in [0.1, 0.15) is 32.6 Å². The van der Waals surface area contributed by atoms with Crippen molar-refractivity contribution in [3.05, 3.63) is 12.7 Å². The topological polar surface area (TPSA) is 55.4 Å². The fraction of sp³-hybridized carbons (Fsp3) is 0.600. The van der Waals surface area contributed by atoms with Gasteiger partial charge < -0.3 is 10.5 Å². The molecule has 0 aliphatic rings. The number of hydrogen-bond donors (Lipinski definition) is 1. The summed E-state index contributed by atoms with van der Waals surface area (Å²) in [4.78, 5) is 14.6. The molecule has 0 radical (unpaired) electrons. The number of unbranched alkanes of at least 4 members (excludes halogenated alkanes) is 2.